The molecule has 0 saturated carbocycles. The minimum atomic E-state index is -0.0971. The number of fused-ring (bicyclic) bond motifs is 1. The van der Waals surface area contributed by atoms with Gasteiger partial charge >= 0.3 is 0 Å². The molecule has 5 rings (SSSR count). The number of rotatable bonds is 5. The maximum Gasteiger partial charge on any atom is 0.229 e. The summed E-state index contributed by atoms with van der Waals surface area (Å²) in [7, 11) is 0. The zero-order chi connectivity index (χ0) is 21.0. The second kappa shape index (κ2) is 8.99. The number of aliphatic hydroxyl groups excluding tert-OH is 1. The molecule has 0 aliphatic carbocycles. The van der Waals surface area contributed by atoms with E-state index in [2.05, 4.69) is 41.5 Å². The standard InChI is InChI=1S/C22H28N8O/c31-15-17-12-16-13-25-22(28-20(16)21(26-17)30-8-2-1-3-9-30)27-19-5-4-18(14-24-19)29-10-6-23-7-11-29/h4-5,12-14,23,31H,1-3,6-11,15H2,(H,24,25,27,28). The van der Waals surface area contributed by atoms with Crippen molar-refractivity contribution in [2.24, 2.45) is 0 Å². The summed E-state index contributed by atoms with van der Waals surface area (Å²) in [6.45, 7) is 5.79. The molecule has 0 amide bonds. The minimum absolute atomic E-state index is 0.0971. The van der Waals surface area contributed by atoms with Gasteiger partial charge in [-0.05, 0) is 37.5 Å². The molecule has 9 heteroatoms. The van der Waals surface area contributed by atoms with Gasteiger partial charge in [0.05, 0.1) is 24.2 Å². The predicted molar refractivity (Wildman–Crippen MR) is 122 cm³/mol. The van der Waals surface area contributed by atoms with E-state index >= 15 is 0 Å². The van der Waals surface area contributed by atoms with Crippen molar-refractivity contribution in [3.8, 4) is 0 Å². The van der Waals surface area contributed by atoms with Crippen LogP contribution in [0.1, 0.15) is 25.0 Å². The van der Waals surface area contributed by atoms with Gasteiger partial charge in [0.15, 0.2) is 5.82 Å². The molecule has 31 heavy (non-hydrogen) atoms. The van der Waals surface area contributed by atoms with Gasteiger partial charge in [0.1, 0.15) is 11.3 Å². The van der Waals surface area contributed by atoms with Crippen LogP contribution in [0, 0.1) is 0 Å². The molecule has 0 radical (unpaired) electrons. The number of aliphatic hydroxyl groups is 1. The number of nitrogens with one attached hydrogen (secondary N) is 2. The van der Waals surface area contributed by atoms with Crippen molar-refractivity contribution < 1.29 is 5.11 Å². The fourth-order valence-corrected chi connectivity index (χ4v) is 4.23. The SMILES string of the molecule is OCc1cc2cnc(Nc3ccc(N4CCNCC4)cn3)nc2c(N2CCCCC2)n1. The number of piperidine rings is 1. The monoisotopic (exact) mass is 420 g/mol. The Bertz CT molecular complexity index is 1030. The van der Waals surface area contributed by atoms with Gasteiger partial charge in [-0.1, -0.05) is 0 Å². The second-order valence-electron chi connectivity index (χ2n) is 8.04. The molecular weight excluding hydrogens is 392 g/mol. The molecule has 0 aromatic carbocycles. The number of hydrogen-bond acceptors (Lipinski definition) is 9. The molecule has 5 heterocycles. The van der Waals surface area contributed by atoms with Crippen LogP contribution < -0.4 is 20.4 Å². The highest BCUT2D eigenvalue weighted by atomic mass is 16.3. The first-order valence-electron chi connectivity index (χ1n) is 11.0. The first-order chi connectivity index (χ1) is 15.3. The van der Waals surface area contributed by atoms with Gasteiger partial charge in [-0.2, -0.15) is 0 Å². The van der Waals surface area contributed by atoms with E-state index in [4.69, 9.17) is 4.98 Å². The van der Waals surface area contributed by atoms with Gasteiger partial charge in [0.25, 0.3) is 0 Å². The molecule has 2 aliphatic rings. The van der Waals surface area contributed by atoms with E-state index in [9.17, 15) is 5.11 Å². The van der Waals surface area contributed by atoms with E-state index < -0.39 is 0 Å². The lowest BCUT2D eigenvalue weighted by Crippen LogP contribution is -2.43. The van der Waals surface area contributed by atoms with Crippen LogP contribution in [0.25, 0.3) is 10.9 Å². The van der Waals surface area contributed by atoms with Crippen molar-refractivity contribution in [2.45, 2.75) is 25.9 Å². The average Bonchev–Trinajstić information content (AvgIpc) is 2.85. The minimum Gasteiger partial charge on any atom is -0.390 e. The molecule has 162 valence electrons. The largest absolute Gasteiger partial charge is 0.390 e. The number of anilines is 4. The Labute approximate surface area is 181 Å². The summed E-state index contributed by atoms with van der Waals surface area (Å²) < 4.78 is 0. The summed E-state index contributed by atoms with van der Waals surface area (Å²) in [5.41, 5.74) is 2.57. The first-order valence-corrected chi connectivity index (χ1v) is 11.0. The molecule has 2 fully saturated rings. The normalized spacial score (nSPS) is 17.2. The topological polar surface area (TPSA) is 102 Å². The third kappa shape index (κ3) is 4.38. The Morgan fingerprint density at radius 1 is 0.935 bits per heavy atom. The van der Waals surface area contributed by atoms with Crippen LogP contribution >= 0.6 is 0 Å². The molecule has 0 atom stereocenters. The lowest BCUT2D eigenvalue weighted by molar-refractivity contribution is 0.277. The highest BCUT2D eigenvalue weighted by molar-refractivity contribution is 5.89. The lowest BCUT2D eigenvalue weighted by atomic mass is 10.1. The van der Waals surface area contributed by atoms with Crippen molar-refractivity contribution in [2.75, 3.05) is 54.4 Å². The van der Waals surface area contributed by atoms with Crippen LogP contribution in [0.15, 0.2) is 30.6 Å². The fraction of sp³-hybridized carbons (Fsp3) is 0.455. The van der Waals surface area contributed by atoms with Crippen LogP contribution in [0.4, 0.5) is 23.3 Å². The van der Waals surface area contributed by atoms with E-state index in [1.807, 2.05) is 18.3 Å². The third-order valence-electron chi connectivity index (χ3n) is 5.89. The molecule has 3 N–H and O–H groups in total. The Kier molecular flexibility index (Phi) is 5.77. The van der Waals surface area contributed by atoms with E-state index in [0.717, 1.165) is 74.5 Å². The summed E-state index contributed by atoms with van der Waals surface area (Å²) >= 11 is 0. The molecule has 3 aromatic heterocycles. The van der Waals surface area contributed by atoms with Gasteiger partial charge in [0, 0.05) is 50.9 Å². The third-order valence-corrected chi connectivity index (χ3v) is 5.89. The van der Waals surface area contributed by atoms with E-state index in [0.29, 0.717) is 17.5 Å². The van der Waals surface area contributed by atoms with E-state index in [1.165, 1.54) is 6.42 Å². The molecule has 0 spiro atoms. The van der Waals surface area contributed by atoms with Crippen molar-refractivity contribution in [1.29, 1.82) is 0 Å². The molecule has 0 bridgehead atoms. The van der Waals surface area contributed by atoms with Crippen LogP contribution in [-0.4, -0.2) is 64.3 Å². The van der Waals surface area contributed by atoms with Crippen molar-refractivity contribution in [3.05, 3.63) is 36.3 Å². The summed E-state index contributed by atoms with van der Waals surface area (Å²) in [5.74, 6) is 2.03. The Morgan fingerprint density at radius 2 is 1.77 bits per heavy atom. The smallest absolute Gasteiger partial charge is 0.229 e. The zero-order valence-corrected chi connectivity index (χ0v) is 17.6. The summed E-state index contributed by atoms with van der Waals surface area (Å²) in [6.07, 6.45) is 7.21. The average molecular weight is 421 g/mol. The molecule has 3 aromatic rings. The lowest BCUT2D eigenvalue weighted by Gasteiger charge is -2.29. The highest BCUT2D eigenvalue weighted by Gasteiger charge is 2.18. The zero-order valence-electron chi connectivity index (χ0n) is 17.6. The van der Waals surface area contributed by atoms with Gasteiger partial charge in [-0.25, -0.2) is 19.9 Å². The van der Waals surface area contributed by atoms with E-state index in [1.54, 1.807) is 6.20 Å². The second-order valence-corrected chi connectivity index (χ2v) is 8.04. The summed E-state index contributed by atoms with van der Waals surface area (Å²) in [4.78, 5) is 23.1. The number of aromatic nitrogens is 4. The quantitative estimate of drug-likeness (QED) is 0.572. The van der Waals surface area contributed by atoms with Crippen molar-refractivity contribution in [3.63, 3.8) is 0 Å². The van der Waals surface area contributed by atoms with Crippen LogP contribution in [0.3, 0.4) is 0 Å². The maximum atomic E-state index is 9.64. The molecule has 9 nitrogen and oxygen atoms in total. The van der Waals surface area contributed by atoms with Gasteiger partial charge in [-0.3, -0.25) is 0 Å². The van der Waals surface area contributed by atoms with Gasteiger partial charge < -0.3 is 25.5 Å². The highest BCUT2D eigenvalue weighted by Crippen LogP contribution is 2.28. The Morgan fingerprint density at radius 3 is 2.52 bits per heavy atom. The molecule has 2 saturated heterocycles. The van der Waals surface area contributed by atoms with Crippen LogP contribution in [0.5, 0.6) is 0 Å². The Balaban J connectivity index is 1.41. The van der Waals surface area contributed by atoms with E-state index in [-0.39, 0.29) is 6.61 Å². The summed E-state index contributed by atoms with van der Waals surface area (Å²) in [6, 6.07) is 5.90. The Hall–Kier alpha value is -3.04. The first kappa shape index (κ1) is 19.9. The van der Waals surface area contributed by atoms with Crippen LogP contribution in [0.2, 0.25) is 0 Å². The van der Waals surface area contributed by atoms with Gasteiger partial charge in [-0.15, -0.1) is 0 Å². The summed E-state index contributed by atoms with van der Waals surface area (Å²) in [5, 5.41) is 17.1. The van der Waals surface area contributed by atoms with Gasteiger partial charge in [0.2, 0.25) is 5.95 Å². The van der Waals surface area contributed by atoms with Crippen LogP contribution in [-0.2, 0) is 6.61 Å². The number of nitrogens with zero attached hydrogens (tertiary/aromatic N) is 6. The number of hydrogen-bond donors (Lipinski definition) is 3. The molecule has 2 aliphatic heterocycles. The number of pyridine rings is 2. The van der Waals surface area contributed by atoms with Crippen molar-refractivity contribution in [1.82, 2.24) is 25.3 Å². The van der Waals surface area contributed by atoms with Crippen molar-refractivity contribution >= 4 is 34.2 Å². The number of piperazine rings is 1. The fourth-order valence-electron chi connectivity index (χ4n) is 4.23. The maximum absolute atomic E-state index is 9.64. The predicted octanol–water partition coefficient (Wildman–Crippen LogP) is 2.06. The molecular formula is C22H28N8O. The molecule has 0 unspecified atom stereocenters.